The molecule has 1 atom stereocenters. The first-order chi connectivity index (χ1) is 10.1. The topological polar surface area (TPSA) is 66.6 Å². The van der Waals surface area contributed by atoms with Gasteiger partial charge in [-0.05, 0) is 31.4 Å². The Balaban J connectivity index is 2.01. The number of rotatable bonds is 2. The number of fused-ring (bicyclic) bond motifs is 1. The van der Waals surface area contributed by atoms with E-state index in [1.165, 1.54) is 11.3 Å². The van der Waals surface area contributed by atoms with E-state index in [2.05, 4.69) is 0 Å². The molecule has 1 saturated heterocycles. The van der Waals surface area contributed by atoms with Crippen molar-refractivity contribution in [2.24, 2.45) is 0 Å². The molecule has 1 aromatic heterocycles. The Morgan fingerprint density at radius 3 is 3.00 bits per heavy atom. The number of hydrogen-bond donors (Lipinski definition) is 2. The Bertz CT molecular complexity index is 686. The SMILES string of the molecule is Nc1c(C(=O)N2CCCCC2CO)sc2cccc(Cl)c12. The number of carbonyl (C=O) groups excluding carboxylic acids is 1. The van der Waals surface area contributed by atoms with Gasteiger partial charge in [-0.2, -0.15) is 0 Å². The van der Waals surface area contributed by atoms with Crippen LogP contribution in [0.15, 0.2) is 18.2 Å². The molecule has 0 bridgehead atoms. The summed E-state index contributed by atoms with van der Waals surface area (Å²) in [6.07, 6.45) is 2.85. The number of nitrogen functional groups attached to an aromatic ring is 1. The molecule has 1 fully saturated rings. The molecule has 2 heterocycles. The van der Waals surface area contributed by atoms with E-state index < -0.39 is 0 Å². The molecule has 3 rings (SSSR count). The van der Waals surface area contributed by atoms with Crippen molar-refractivity contribution < 1.29 is 9.90 Å². The van der Waals surface area contributed by atoms with E-state index in [0.717, 1.165) is 29.3 Å². The molecule has 1 aliphatic heterocycles. The van der Waals surface area contributed by atoms with Crippen LogP contribution >= 0.6 is 22.9 Å². The van der Waals surface area contributed by atoms with Crippen LogP contribution in [0.5, 0.6) is 0 Å². The van der Waals surface area contributed by atoms with Crippen molar-refractivity contribution in [1.82, 2.24) is 4.90 Å². The Labute approximate surface area is 132 Å². The smallest absolute Gasteiger partial charge is 0.266 e. The lowest BCUT2D eigenvalue weighted by Crippen LogP contribution is -2.45. The maximum atomic E-state index is 12.8. The van der Waals surface area contributed by atoms with Crippen LogP contribution in [0.2, 0.25) is 5.02 Å². The third-order valence-corrected chi connectivity index (χ3v) is 5.47. The van der Waals surface area contributed by atoms with Gasteiger partial charge in [0.1, 0.15) is 4.88 Å². The summed E-state index contributed by atoms with van der Waals surface area (Å²) in [7, 11) is 0. The third kappa shape index (κ3) is 2.50. The Kier molecular flexibility index (Phi) is 4.06. The van der Waals surface area contributed by atoms with E-state index in [1.54, 1.807) is 11.0 Å². The number of amides is 1. The number of benzene rings is 1. The number of anilines is 1. The van der Waals surface area contributed by atoms with Gasteiger partial charge in [-0.25, -0.2) is 0 Å². The molecule has 1 amide bonds. The molecule has 2 aromatic rings. The highest BCUT2D eigenvalue weighted by Gasteiger charge is 2.29. The molecular formula is C15H17ClN2O2S. The zero-order valence-electron chi connectivity index (χ0n) is 11.5. The molecule has 0 aliphatic carbocycles. The Hall–Kier alpha value is -1.30. The number of nitrogens with two attached hydrogens (primary N) is 1. The summed E-state index contributed by atoms with van der Waals surface area (Å²) in [6, 6.07) is 5.44. The van der Waals surface area contributed by atoms with Crippen molar-refractivity contribution in [3.05, 3.63) is 28.1 Å². The van der Waals surface area contributed by atoms with Crippen molar-refractivity contribution in [2.75, 3.05) is 18.9 Å². The van der Waals surface area contributed by atoms with Crippen molar-refractivity contribution in [1.29, 1.82) is 0 Å². The number of piperidine rings is 1. The highest BCUT2D eigenvalue weighted by Crippen LogP contribution is 2.39. The largest absolute Gasteiger partial charge is 0.397 e. The molecule has 112 valence electrons. The second-order valence-corrected chi connectivity index (χ2v) is 6.75. The standard InChI is InChI=1S/C15H17ClN2O2S/c16-10-5-3-6-11-12(10)13(17)14(21-11)15(20)18-7-2-1-4-9(18)8-19/h3,5-6,9,19H,1-2,4,7-8,17H2. The van der Waals surface area contributed by atoms with Gasteiger partial charge in [-0.15, -0.1) is 11.3 Å². The number of carbonyl (C=O) groups is 1. The van der Waals surface area contributed by atoms with Crippen LogP contribution in [0.25, 0.3) is 10.1 Å². The quantitative estimate of drug-likeness (QED) is 0.892. The van der Waals surface area contributed by atoms with E-state index in [4.69, 9.17) is 17.3 Å². The average molecular weight is 325 g/mol. The number of aliphatic hydroxyl groups excluding tert-OH is 1. The van der Waals surface area contributed by atoms with Crippen molar-refractivity contribution in [3.63, 3.8) is 0 Å². The first-order valence-electron chi connectivity index (χ1n) is 7.01. The van der Waals surface area contributed by atoms with Gasteiger partial charge in [0.15, 0.2) is 0 Å². The second-order valence-electron chi connectivity index (χ2n) is 5.29. The van der Waals surface area contributed by atoms with Gasteiger partial charge in [-0.1, -0.05) is 17.7 Å². The minimum absolute atomic E-state index is 0.00268. The summed E-state index contributed by atoms with van der Waals surface area (Å²) in [6.45, 7) is 0.669. The van der Waals surface area contributed by atoms with Crippen LogP contribution in [0.3, 0.4) is 0 Å². The monoisotopic (exact) mass is 324 g/mol. The summed E-state index contributed by atoms with van der Waals surface area (Å²) >= 11 is 7.55. The molecule has 4 nitrogen and oxygen atoms in total. The fourth-order valence-corrected chi connectivity index (χ4v) is 4.31. The Morgan fingerprint density at radius 2 is 2.29 bits per heavy atom. The molecule has 1 aliphatic rings. The van der Waals surface area contributed by atoms with Crippen LogP contribution in [0, 0.1) is 0 Å². The number of nitrogens with zero attached hydrogens (tertiary/aromatic N) is 1. The summed E-state index contributed by atoms with van der Waals surface area (Å²) in [4.78, 5) is 15.0. The van der Waals surface area contributed by atoms with Gasteiger partial charge in [0.2, 0.25) is 0 Å². The zero-order chi connectivity index (χ0) is 15.0. The molecule has 3 N–H and O–H groups in total. The fourth-order valence-electron chi connectivity index (χ4n) is 2.88. The third-order valence-electron chi connectivity index (χ3n) is 3.99. The molecule has 1 unspecified atom stereocenters. The first-order valence-corrected chi connectivity index (χ1v) is 8.21. The number of halogens is 1. The van der Waals surface area contributed by atoms with E-state index in [1.807, 2.05) is 12.1 Å². The van der Waals surface area contributed by atoms with Gasteiger partial charge in [0, 0.05) is 16.6 Å². The van der Waals surface area contributed by atoms with E-state index in [-0.39, 0.29) is 18.6 Å². The molecule has 0 saturated carbocycles. The molecule has 1 aromatic carbocycles. The van der Waals surface area contributed by atoms with Gasteiger partial charge >= 0.3 is 0 Å². The number of likely N-dealkylation sites (tertiary alicyclic amines) is 1. The van der Waals surface area contributed by atoms with Crippen LogP contribution in [0.1, 0.15) is 28.9 Å². The highest BCUT2D eigenvalue weighted by molar-refractivity contribution is 7.21. The van der Waals surface area contributed by atoms with Crippen molar-refractivity contribution in [3.8, 4) is 0 Å². The second kappa shape index (κ2) is 5.83. The zero-order valence-corrected chi connectivity index (χ0v) is 13.1. The minimum Gasteiger partial charge on any atom is -0.397 e. The van der Waals surface area contributed by atoms with Gasteiger partial charge < -0.3 is 15.7 Å². The lowest BCUT2D eigenvalue weighted by molar-refractivity contribution is 0.0509. The molecule has 0 spiro atoms. The maximum absolute atomic E-state index is 12.8. The van der Waals surface area contributed by atoms with Crippen molar-refractivity contribution in [2.45, 2.75) is 25.3 Å². The lowest BCUT2D eigenvalue weighted by atomic mass is 10.0. The fraction of sp³-hybridized carbons (Fsp3) is 0.400. The molecular weight excluding hydrogens is 308 g/mol. The number of aliphatic hydroxyl groups is 1. The first kappa shape index (κ1) is 14.6. The number of thiophene rings is 1. The van der Waals surface area contributed by atoms with Gasteiger partial charge in [-0.3, -0.25) is 4.79 Å². The molecule has 21 heavy (non-hydrogen) atoms. The van der Waals surface area contributed by atoms with Crippen molar-refractivity contribution >= 4 is 44.6 Å². The summed E-state index contributed by atoms with van der Waals surface area (Å²) < 4.78 is 0.918. The predicted molar refractivity (Wildman–Crippen MR) is 87.0 cm³/mol. The van der Waals surface area contributed by atoms with E-state index in [9.17, 15) is 9.90 Å². The summed E-state index contributed by atoms with van der Waals surface area (Å²) in [5.41, 5.74) is 6.60. The van der Waals surface area contributed by atoms with Gasteiger partial charge in [0.25, 0.3) is 5.91 Å². The van der Waals surface area contributed by atoms with Crippen LogP contribution in [-0.2, 0) is 0 Å². The van der Waals surface area contributed by atoms with Crippen LogP contribution < -0.4 is 5.73 Å². The lowest BCUT2D eigenvalue weighted by Gasteiger charge is -2.34. The highest BCUT2D eigenvalue weighted by atomic mass is 35.5. The predicted octanol–water partition coefficient (Wildman–Crippen LogP) is 3.12. The van der Waals surface area contributed by atoms with Gasteiger partial charge in [0.05, 0.1) is 23.4 Å². The Morgan fingerprint density at radius 1 is 1.48 bits per heavy atom. The van der Waals surface area contributed by atoms with E-state index in [0.29, 0.717) is 22.1 Å². The van der Waals surface area contributed by atoms with Crippen LogP contribution in [-0.4, -0.2) is 35.1 Å². The van der Waals surface area contributed by atoms with E-state index >= 15 is 0 Å². The average Bonchev–Trinajstić information content (AvgIpc) is 2.85. The van der Waals surface area contributed by atoms with Crippen LogP contribution in [0.4, 0.5) is 5.69 Å². The summed E-state index contributed by atoms with van der Waals surface area (Å²) in [5.74, 6) is -0.0940. The maximum Gasteiger partial charge on any atom is 0.266 e. The summed E-state index contributed by atoms with van der Waals surface area (Å²) in [5, 5.41) is 10.8. The molecule has 6 heteroatoms. The minimum atomic E-state index is -0.105. The number of hydrogen-bond acceptors (Lipinski definition) is 4. The normalized spacial score (nSPS) is 19.1. The molecule has 0 radical (unpaired) electrons.